The number of thioether (sulfide) groups is 1. The zero-order valence-corrected chi connectivity index (χ0v) is 15.7. The number of likely N-dealkylation sites (tertiary alicyclic amines) is 1. The van der Waals surface area contributed by atoms with E-state index in [0.29, 0.717) is 25.8 Å². The Kier molecular flexibility index (Phi) is 4.99. The Bertz CT molecular complexity index is 986. The molecule has 2 unspecified atom stereocenters. The molecule has 2 aliphatic heterocycles. The second-order valence-corrected chi connectivity index (χ2v) is 8.12. The summed E-state index contributed by atoms with van der Waals surface area (Å²) in [6.07, 6.45) is -5.38. The number of fused-ring (bicyclic) bond motifs is 2. The van der Waals surface area contributed by atoms with Gasteiger partial charge in [0.15, 0.2) is 0 Å². The van der Waals surface area contributed by atoms with Crippen molar-refractivity contribution in [3.8, 4) is 5.88 Å². The van der Waals surface area contributed by atoms with Gasteiger partial charge in [-0.2, -0.15) is 18.2 Å². The van der Waals surface area contributed by atoms with Crippen LogP contribution in [0.4, 0.5) is 13.2 Å². The van der Waals surface area contributed by atoms with Gasteiger partial charge in [0.2, 0.25) is 5.88 Å². The summed E-state index contributed by atoms with van der Waals surface area (Å²) in [6, 6.07) is 0.935. The lowest BCUT2D eigenvalue weighted by atomic mass is 9.94. The van der Waals surface area contributed by atoms with E-state index in [1.807, 2.05) is 4.90 Å². The number of aliphatic hydroxyl groups is 1. The standard InChI is InChI=1S/C16H15ClF3N3O4S/c17-11-8(16(18,19)20)1-7-12(21-15(26)22-14(7)25)13(11)28-5-6(24)2-23-3-10-9(23)4-27-10/h1,6,9-10,24H,2-5H2,(H2,21,22,25,26)/t6-,9?,10?/m1/s1. The van der Waals surface area contributed by atoms with Gasteiger partial charge in [-0.05, 0) is 6.07 Å². The third-order valence-electron chi connectivity index (χ3n) is 4.87. The van der Waals surface area contributed by atoms with E-state index in [-0.39, 0.29) is 33.7 Å². The Hall–Kier alpha value is -1.53. The van der Waals surface area contributed by atoms with Crippen LogP contribution in [0.3, 0.4) is 0 Å². The van der Waals surface area contributed by atoms with Crippen LogP contribution in [0.15, 0.2) is 15.8 Å². The van der Waals surface area contributed by atoms with Gasteiger partial charge in [0.05, 0.1) is 51.2 Å². The van der Waals surface area contributed by atoms with E-state index >= 15 is 0 Å². The van der Waals surface area contributed by atoms with Crippen LogP contribution >= 0.6 is 23.4 Å². The average molecular weight is 438 g/mol. The molecule has 2 saturated heterocycles. The van der Waals surface area contributed by atoms with Gasteiger partial charge in [0.25, 0.3) is 0 Å². The molecule has 0 saturated carbocycles. The fourth-order valence-electron chi connectivity index (χ4n) is 3.34. The summed E-state index contributed by atoms with van der Waals surface area (Å²) in [5.41, 5.74) is -2.12. The molecule has 2 aliphatic rings. The fourth-order valence-corrected chi connectivity index (χ4v) is 4.77. The van der Waals surface area contributed by atoms with Gasteiger partial charge in [-0.1, -0.05) is 11.6 Å². The molecule has 1 aromatic carbocycles. The van der Waals surface area contributed by atoms with Crippen molar-refractivity contribution in [3.63, 3.8) is 0 Å². The molecule has 3 heterocycles. The van der Waals surface area contributed by atoms with Crippen LogP contribution in [0.5, 0.6) is 5.88 Å². The molecule has 12 heteroatoms. The number of halogens is 4. The van der Waals surface area contributed by atoms with Crippen molar-refractivity contribution < 1.29 is 28.1 Å². The molecule has 3 N–H and O–H groups in total. The minimum atomic E-state index is -4.77. The Labute approximate surface area is 165 Å². The van der Waals surface area contributed by atoms with E-state index in [2.05, 4.69) is 9.97 Å². The lowest BCUT2D eigenvalue weighted by molar-refractivity contribution is -0.218. The average Bonchev–Trinajstić information content (AvgIpc) is 2.56. The van der Waals surface area contributed by atoms with Crippen molar-refractivity contribution in [2.75, 3.05) is 25.4 Å². The van der Waals surface area contributed by atoms with Gasteiger partial charge < -0.3 is 19.9 Å². The summed E-state index contributed by atoms with van der Waals surface area (Å²) in [7, 11) is 0. The van der Waals surface area contributed by atoms with E-state index in [9.17, 15) is 28.2 Å². The molecular formula is C16H15ClF3N3O4S. The number of H-pyrrole nitrogens is 1. The minimum absolute atomic E-state index is 0.0516. The first-order valence-corrected chi connectivity index (χ1v) is 9.70. The third-order valence-corrected chi connectivity index (χ3v) is 6.62. The molecule has 0 spiro atoms. The lowest BCUT2D eigenvalue weighted by Crippen LogP contribution is -2.71. The van der Waals surface area contributed by atoms with E-state index < -0.39 is 34.4 Å². The van der Waals surface area contributed by atoms with Crippen molar-refractivity contribution in [2.45, 2.75) is 29.3 Å². The maximum Gasteiger partial charge on any atom is 0.417 e. The van der Waals surface area contributed by atoms with Crippen LogP contribution in [0.1, 0.15) is 5.56 Å². The quantitative estimate of drug-likeness (QED) is 0.614. The van der Waals surface area contributed by atoms with Crippen LogP contribution in [0.25, 0.3) is 10.9 Å². The monoisotopic (exact) mass is 437 g/mol. The lowest BCUT2D eigenvalue weighted by Gasteiger charge is -2.55. The molecule has 7 nitrogen and oxygen atoms in total. The van der Waals surface area contributed by atoms with Crippen LogP contribution in [0.2, 0.25) is 5.02 Å². The van der Waals surface area contributed by atoms with Crippen molar-refractivity contribution in [1.29, 1.82) is 0 Å². The second-order valence-electron chi connectivity index (χ2n) is 6.71. The molecule has 1 aromatic heterocycles. The van der Waals surface area contributed by atoms with Gasteiger partial charge in [-0.3, -0.25) is 4.90 Å². The zero-order valence-electron chi connectivity index (χ0n) is 14.2. The van der Waals surface area contributed by atoms with Gasteiger partial charge in [-0.15, -0.1) is 11.8 Å². The fraction of sp³-hybridized carbons (Fsp3) is 0.500. The number of hydrogen-bond acceptors (Lipinski definition) is 7. The van der Waals surface area contributed by atoms with Crippen LogP contribution < -0.4 is 5.69 Å². The second kappa shape index (κ2) is 7.06. The topological polar surface area (TPSA) is 98.7 Å². The predicted molar refractivity (Wildman–Crippen MR) is 95.9 cm³/mol. The van der Waals surface area contributed by atoms with Crippen LogP contribution in [0, 0.1) is 0 Å². The van der Waals surface area contributed by atoms with Crippen molar-refractivity contribution in [1.82, 2.24) is 14.9 Å². The number of aromatic amines is 1. The van der Waals surface area contributed by atoms with E-state index in [1.54, 1.807) is 0 Å². The number of alkyl halides is 3. The maximum absolute atomic E-state index is 13.3. The third kappa shape index (κ3) is 3.45. The summed E-state index contributed by atoms with van der Waals surface area (Å²) >= 11 is 6.86. The number of β-amino-alcohol motifs (C(OH)–C–C–N with tert-alkyl or cyclic N) is 1. The van der Waals surface area contributed by atoms with E-state index in [1.165, 1.54) is 0 Å². The van der Waals surface area contributed by atoms with Gasteiger partial charge in [-0.25, -0.2) is 4.79 Å². The number of aromatic hydroxyl groups is 1. The highest BCUT2D eigenvalue weighted by Crippen LogP contribution is 2.44. The zero-order chi connectivity index (χ0) is 20.2. The molecule has 4 rings (SSSR count). The smallest absolute Gasteiger partial charge is 0.417 e. The van der Waals surface area contributed by atoms with Crippen molar-refractivity contribution in [2.24, 2.45) is 0 Å². The number of aromatic nitrogens is 2. The number of hydrogen-bond donors (Lipinski definition) is 3. The Balaban J connectivity index is 1.62. The molecule has 0 bridgehead atoms. The number of nitrogens with one attached hydrogen (secondary N) is 1. The number of ether oxygens (including phenoxy) is 1. The first-order valence-electron chi connectivity index (χ1n) is 8.34. The largest absolute Gasteiger partial charge is 0.493 e. The first kappa shape index (κ1) is 19.8. The maximum atomic E-state index is 13.3. The Morgan fingerprint density at radius 1 is 1.50 bits per heavy atom. The molecule has 3 atom stereocenters. The SMILES string of the molecule is O=c1nc(O)c2cc(C(F)(F)F)c(Cl)c(SC[C@H](O)CN3CC4OCC43)c2[nH]1. The number of benzene rings is 1. The van der Waals surface area contributed by atoms with Crippen molar-refractivity contribution in [3.05, 3.63) is 27.1 Å². The molecule has 0 aliphatic carbocycles. The highest BCUT2D eigenvalue weighted by atomic mass is 35.5. The molecule has 28 heavy (non-hydrogen) atoms. The number of aliphatic hydroxyl groups excluding tert-OH is 1. The summed E-state index contributed by atoms with van der Waals surface area (Å²) in [5.74, 6) is -0.768. The molecule has 0 radical (unpaired) electrons. The molecular weight excluding hydrogens is 423 g/mol. The predicted octanol–water partition coefficient (Wildman–Crippen LogP) is 1.84. The number of morpholine rings is 1. The van der Waals surface area contributed by atoms with E-state index in [0.717, 1.165) is 11.8 Å². The Morgan fingerprint density at radius 3 is 2.82 bits per heavy atom. The molecule has 0 amide bonds. The van der Waals surface area contributed by atoms with Gasteiger partial charge in [0, 0.05) is 18.8 Å². The number of nitrogens with zero attached hydrogens (tertiary/aromatic N) is 2. The molecule has 2 fully saturated rings. The molecule has 152 valence electrons. The Morgan fingerprint density at radius 2 is 2.25 bits per heavy atom. The van der Waals surface area contributed by atoms with E-state index in [4.69, 9.17) is 16.3 Å². The summed E-state index contributed by atoms with van der Waals surface area (Å²) in [5, 5.41) is 19.2. The minimum Gasteiger partial charge on any atom is -0.493 e. The van der Waals surface area contributed by atoms with Crippen LogP contribution in [-0.4, -0.2) is 68.8 Å². The summed E-state index contributed by atoms with van der Waals surface area (Å²) in [6.45, 7) is 1.68. The van der Waals surface area contributed by atoms with Crippen molar-refractivity contribution >= 4 is 34.3 Å². The highest BCUT2D eigenvalue weighted by molar-refractivity contribution is 7.99. The summed E-state index contributed by atoms with van der Waals surface area (Å²) < 4.78 is 45.3. The number of rotatable bonds is 5. The van der Waals surface area contributed by atoms with Gasteiger partial charge >= 0.3 is 11.9 Å². The normalized spacial score (nSPS) is 23.2. The van der Waals surface area contributed by atoms with Gasteiger partial charge in [0.1, 0.15) is 0 Å². The highest BCUT2D eigenvalue weighted by Gasteiger charge is 2.47. The summed E-state index contributed by atoms with van der Waals surface area (Å²) in [4.78, 5) is 19.1. The first-order chi connectivity index (χ1) is 13.1. The molecule has 2 aromatic rings. The van der Waals surface area contributed by atoms with Crippen LogP contribution in [-0.2, 0) is 10.9 Å².